The van der Waals surface area contributed by atoms with Crippen LogP contribution in [0.15, 0.2) is 23.1 Å². The maximum absolute atomic E-state index is 12.4. The van der Waals surface area contributed by atoms with Crippen molar-refractivity contribution in [2.45, 2.75) is 38.1 Å². The van der Waals surface area contributed by atoms with E-state index in [0.717, 1.165) is 5.56 Å². The molecule has 3 N–H and O–H groups in total. The molecule has 0 fully saturated rings. The third kappa shape index (κ3) is 8.46. The number of ether oxygens (including phenoxy) is 1. The fourth-order valence-electron chi connectivity index (χ4n) is 2.13. The minimum atomic E-state index is -3.68. The smallest absolute Gasteiger partial charge is 0.251 e. The predicted octanol–water partition coefficient (Wildman–Crippen LogP) is 1.46. The number of rotatable bonds is 9. The quantitative estimate of drug-likeness (QED) is 0.538. The summed E-state index contributed by atoms with van der Waals surface area (Å²) in [4.78, 5) is 12.4. The van der Waals surface area contributed by atoms with Gasteiger partial charge in [0.05, 0.1) is 11.5 Å². The zero-order valence-electron chi connectivity index (χ0n) is 16.0. The van der Waals surface area contributed by atoms with Crippen LogP contribution >= 0.6 is 12.4 Å². The van der Waals surface area contributed by atoms with Crippen molar-refractivity contribution in [1.29, 1.82) is 0 Å². The molecule has 0 aromatic heterocycles. The van der Waals surface area contributed by atoms with Gasteiger partial charge in [-0.1, -0.05) is 6.07 Å². The molecular weight excluding hydrogens is 378 g/mol. The van der Waals surface area contributed by atoms with Crippen molar-refractivity contribution < 1.29 is 17.9 Å². The first-order valence-electron chi connectivity index (χ1n) is 8.19. The fraction of sp³-hybridized carbons (Fsp3) is 0.588. The van der Waals surface area contributed by atoms with Gasteiger partial charge in [0.25, 0.3) is 5.91 Å². The van der Waals surface area contributed by atoms with E-state index in [1.807, 2.05) is 0 Å². The molecule has 0 heterocycles. The van der Waals surface area contributed by atoms with Crippen molar-refractivity contribution in [3.8, 4) is 0 Å². The molecule has 0 unspecified atom stereocenters. The van der Waals surface area contributed by atoms with E-state index in [2.05, 4.69) is 15.4 Å². The minimum absolute atomic E-state index is 0. The van der Waals surface area contributed by atoms with E-state index in [4.69, 9.17) is 4.74 Å². The molecule has 0 radical (unpaired) electrons. The Morgan fingerprint density at radius 3 is 2.38 bits per heavy atom. The lowest BCUT2D eigenvalue weighted by atomic mass is 10.1. The number of hydrogen-bond donors (Lipinski definition) is 3. The summed E-state index contributed by atoms with van der Waals surface area (Å²) in [6.45, 7) is 9.44. The average Bonchev–Trinajstić information content (AvgIpc) is 2.48. The van der Waals surface area contributed by atoms with Crippen LogP contribution in [0.5, 0.6) is 0 Å². The number of methoxy groups -OCH3 is 1. The van der Waals surface area contributed by atoms with Gasteiger partial charge >= 0.3 is 0 Å². The molecule has 0 aliphatic carbocycles. The van der Waals surface area contributed by atoms with Crippen LogP contribution < -0.4 is 15.4 Å². The first-order chi connectivity index (χ1) is 11.6. The van der Waals surface area contributed by atoms with Gasteiger partial charge < -0.3 is 15.4 Å². The number of aryl methyl sites for hydroxylation is 1. The van der Waals surface area contributed by atoms with Crippen molar-refractivity contribution in [3.63, 3.8) is 0 Å². The summed E-state index contributed by atoms with van der Waals surface area (Å²) in [5.41, 5.74) is 0.480. The van der Waals surface area contributed by atoms with Gasteiger partial charge in [-0.05, 0) is 45.4 Å². The van der Waals surface area contributed by atoms with Gasteiger partial charge in [-0.2, -0.15) is 0 Å². The summed E-state index contributed by atoms with van der Waals surface area (Å²) in [6.07, 6.45) is 0. The highest BCUT2D eigenvalue weighted by atomic mass is 35.5. The summed E-state index contributed by atoms with van der Waals surface area (Å²) in [7, 11) is -2.06. The van der Waals surface area contributed by atoms with Crippen LogP contribution in [0, 0.1) is 6.92 Å². The number of carbonyl (C=O) groups is 1. The van der Waals surface area contributed by atoms with E-state index in [9.17, 15) is 13.2 Å². The van der Waals surface area contributed by atoms with Crippen LogP contribution in [0.2, 0.25) is 0 Å². The molecule has 150 valence electrons. The monoisotopic (exact) mass is 407 g/mol. The van der Waals surface area contributed by atoms with Crippen LogP contribution in [0.25, 0.3) is 0 Å². The van der Waals surface area contributed by atoms with Crippen molar-refractivity contribution in [1.82, 2.24) is 15.4 Å². The van der Waals surface area contributed by atoms with Crippen molar-refractivity contribution in [3.05, 3.63) is 29.3 Å². The third-order valence-electron chi connectivity index (χ3n) is 3.27. The van der Waals surface area contributed by atoms with Gasteiger partial charge in [0, 0.05) is 37.8 Å². The lowest BCUT2D eigenvalue weighted by molar-refractivity contribution is 0.0953. The number of hydrogen-bond acceptors (Lipinski definition) is 5. The van der Waals surface area contributed by atoms with Gasteiger partial charge in [-0.3, -0.25) is 4.79 Å². The second kappa shape index (κ2) is 10.8. The van der Waals surface area contributed by atoms with Crippen molar-refractivity contribution >= 4 is 28.3 Å². The van der Waals surface area contributed by atoms with Crippen LogP contribution in [0.1, 0.15) is 36.7 Å². The summed E-state index contributed by atoms with van der Waals surface area (Å²) < 4.78 is 32.4. The molecular formula is C17H30ClN3O4S. The normalized spacial score (nSPS) is 11.7. The Morgan fingerprint density at radius 1 is 1.15 bits per heavy atom. The first kappa shape index (κ1) is 24.8. The lowest BCUT2D eigenvalue weighted by Gasteiger charge is -2.20. The number of nitrogens with one attached hydrogen (secondary N) is 3. The molecule has 1 rings (SSSR count). The Hall–Kier alpha value is -1.19. The highest BCUT2D eigenvalue weighted by Crippen LogP contribution is 2.17. The largest absolute Gasteiger partial charge is 0.383 e. The zero-order valence-corrected chi connectivity index (χ0v) is 17.6. The van der Waals surface area contributed by atoms with Gasteiger partial charge in [0.2, 0.25) is 10.0 Å². The van der Waals surface area contributed by atoms with Crippen LogP contribution in [-0.2, 0) is 14.8 Å². The van der Waals surface area contributed by atoms with E-state index in [0.29, 0.717) is 31.8 Å². The molecule has 0 bridgehead atoms. The number of amides is 1. The van der Waals surface area contributed by atoms with E-state index in [1.165, 1.54) is 12.1 Å². The van der Waals surface area contributed by atoms with Crippen molar-refractivity contribution in [2.75, 3.05) is 33.4 Å². The van der Waals surface area contributed by atoms with Gasteiger partial charge in [-0.25, -0.2) is 13.1 Å². The van der Waals surface area contributed by atoms with Crippen LogP contribution in [-0.4, -0.2) is 53.2 Å². The Labute approximate surface area is 162 Å². The molecule has 1 aromatic rings. The molecule has 0 atom stereocenters. The van der Waals surface area contributed by atoms with Gasteiger partial charge in [0.1, 0.15) is 0 Å². The Balaban J connectivity index is 0.00000625. The number of halogens is 1. The highest BCUT2D eigenvalue weighted by Gasteiger charge is 2.23. The van der Waals surface area contributed by atoms with E-state index >= 15 is 0 Å². The SMILES string of the molecule is COCCNCCNC(=O)c1cc(S(=O)(=O)NC(C)(C)C)ccc1C.Cl. The number of benzene rings is 1. The summed E-state index contributed by atoms with van der Waals surface area (Å²) in [6, 6.07) is 4.56. The molecule has 26 heavy (non-hydrogen) atoms. The first-order valence-corrected chi connectivity index (χ1v) is 9.67. The average molecular weight is 408 g/mol. The highest BCUT2D eigenvalue weighted by molar-refractivity contribution is 7.89. The molecule has 0 aliphatic heterocycles. The summed E-state index contributed by atoms with van der Waals surface area (Å²) >= 11 is 0. The maximum Gasteiger partial charge on any atom is 0.251 e. The molecule has 0 spiro atoms. The molecule has 0 aliphatic rings. The Bertz CT molecular complexity index is 688. The Morgan fingerprint density at radius 2 is 1.81 bits per heavy atom. The van der Waals surface area contributed by atoms with Gasteiger partial charge in [0.15, 0.2) is 0 Å². The zero-order chi connectivity index (χ0) is 19.1. The van der Waals surface area contributed by atoms with Crippen LogP contribution in [0.4, 0.5) is 0 Å². The van der Waals surface area contributed by atoms with Gasteiger partial charge in [-0.15, -0.1) is 12.4 Å². The maximum atomic E-state index is 12.4. The molecule has 0 saturated carbocycles. The van der Waals surface area contributed by atoms with E-state index in [1.54, 1.807) is 40.9 Å². The molecule has 9 heteroatoms. The van der Waals surface area contributed by atoms with Crippen molar-refractivity contribution in [2.24, 2.45) is 0 Å². The lowest BCUT2D eigenvalue weighted by Crippen LogP contribution is -2.40. The fourth-order valence-corrected chi connectivity index (χ4v) is 3.58. The molecule has 1 amide bonds. The predicted molar refractivity (Wildman–Crippen MR) is 106 cm³/mol. The molecule has 1 aromatic carbocycles. The second-order valence-corrected chi connectivity index (χ2v) is 8.51. The van der Waals surface area contributed by atoms with E-state index < -0.39 is 15.6 Å². The van der Waals surface area contributed by atoms with Crippen LogP contribution in [0.3, 0.4) is 0 Å². The topological polar surface area (TPSA) is 96.5 Å². The van der Waals surface area contributed by atoms with E-state index in [-0.39, 0.29) is 23.2 Å². The molecule has 7 nitrogen and oxygen atoms in total. The second-order valence-electron chi connectivity index (χ2n) is 6.83. The molecule has 0 saturated heterocycles. The summed E-state index contributed by atoms with van der Waals surface area (Å²) in [5, 5.41) is 5.91. The standard InChI is InChI=1S/C17H29N3O4S.ClH/c1-13-6-7-14(25(22,23)20-17(2,3)4)12-15(13)16(21)19-9-8-18-10-11-24-5;/h6-7,12,18,20H,8-11H2,1-5H3,(H,19,21);1H. The third-order valence-corrected chi connectivity index (χ3v) is 5.03. The minimum Gasteiger partial charge on any atom is -0.383 e. The number of carbonyl (C=O) groups excluding carboxylic acids is 1. The summed E-state index contributed by atoms with van der Waals surface area (Å²) in [5.74, 6) is -0.293. The Kier molecular flexibility index (Phi) is 10.3. The number of sulfonamides is 1.